The molecule has 29 heavy (non-hydrogen) atoms. The largest absolute Gasteiger partial charge is 0.462 e. The summed E-state index contributed by atoms with van der Waals surface area (Å²) in [6.45, 7) is 1.97. The summed E-state index contributed by atoms with van der Waals surface area (Å²) < 4.78 is 45.0. The van der Waals surface area contributed by atoms with Crippen LogP contribution in [0.3, 0.4) is 0 Å². The monoisotopic (exact) mass is 398 g/mol. The number of esters is 1. The van der Waals surface area contributed by atoms with Gasteiger partial charge in [-0.2, -0.15) is 0 Å². The maximum absolute atomic E-state index is 13.3. The van der Waals surface area contributed by atoms with Crippen LogP contribution in [-0.2, 0) is 17.6 Å². The van der Waals surface area contributed by atoms with Gasteiger partial charge in [0.1, 0.15) is 0 Å². The Morgan fingerprint density at radius 2 is 1.59 bits per heavy atom. The predicted molar refractivity (Wildman–Crippen MR) is 106 cm³/mol. The Balaban J connectivity index is 1.77. The van der Waals surface area contributed by atoms with E-state index in [0.717, 1.165) is 35.2 Å². The molecule has 3 aromatic rings. The first-order chi connectivity index (χ1) is 14.0. The molecule has 2 nitrogen and oxygen atoms in total. The smallest absolute Gasteiger partial charge is 0.338 e. The van der Waals surface area contributed by atoms with Crippen molar-refractivity contribution >= 4 is 5.97 Å². The van der Waals surface area contributed by atoms with Gasteiger partial charge in [0.2, 0.25) is 0 Å². The third-order valence-corrected chi connectivity index (χ3v) is 4.65. The van der Waals surface area contributed by atoms with E-state index in [1.165, 1.54) is 0 Å². The fourth-order valence-corrected chi connectivity index (χ4v) is 3.28. The molecular weight excluding hydrogens is 377 g/mol. The maximum atomic E-state index is 13.3. The van der Waals surface area contributed by atoms with Crippen LogP contribution in [0.5, 0.6) is 0 Å². The molecule has 3 rings (SSSR count). The van der Waals surface area contributed by atoms with Gasteiger partial charge in [0.15, 0.2) is 17.5 Å². The van der Waals surface area contributed by atoms with Crippen LogP contribution in [0, 0.1) is 17.5 Å². The molecule has 0 spiro atoms. The molecule has 0 radical (unpaired) electrons. The summed E-state index contributed by atoms with van der Waals surface area (Å²) in [4.78, 5) is 12.7. The average molecular weight is 398 g/mol. The summed E-state index contributed by atoms with van der Waals surface area (Å²) in [5.41, 5.74) is 3.60. The summed E-state index contributed by atoms with van der Waals surface area (Å²) in [6.07, 6.45) is 1.66. The fraction of sp³-hybridized carbons (Fsp3) is 0.208. The molecule has 0 aliphatic carbocycles. The highest BCUT2D eigenvalue weighted by Gasteiger charge is 2.17. The molecule has 0 saturated carbocycles. The van der Waals surface area contributed by atoms with Crippen molar-refractivity contribution in [3.05, 3.63) is 94.8 Å². The summed E-state index contributed by atoms with van der Waals surface area (Å²) in [7, 11) is 0. The van der Waals surface area contributed by atoms with Gasteiger partial charge in [-0.05, 0) is 46.9 Å². The first-order valence-electron chi connectivity index (χ1n) is 9.49. The minimum Gasteiger partial charge on any atom is -0.462 e. The molecule has 0 aliphatic heterocycles. The SMILES string of the molecule is CCCc1c(C(=O)OCCc2cc(F)c(F)c(F)c2)cccc1-c1ccccc1. The topological polar surface area (TPSA) is 26.3 Å². The Labute approximate surface area is 168 Å². The van der Waals surface area contributed by atoms with Crippen molar-refractivity contribution in [2.24, 2.45) is 0 Å². The number of hydrogen-bond donors (Lipinski definition) is 0. The van der Waals surface area contributed by atoms with E-state index in [-0.39, 0.29) is 18.6 Å². The zero-order valence-corrected chi connectivity index (χ0v) is 16.1. The number of carbonyl (C=O) groups excluding carboxylic acids is 1. The Hall–Kier alpha value is -3.08. The van der Waals surface area contributed by atoms with Crippen LogP contribution in [0.25, 0.3) is 11.1 Å². The summed E-state index contributed by atoms with van der Waals surface area (Å²) in [5.74, 6) is -4.51. The lowest BCUT2D eigenvalue weighted by Crippen LogP contribution is -2.12. The quantitative estimate of drug-likeness (QED) is 0.354. The molecule has 3 aromatic carbocycles. The van der Waals surface area contributed by atoms with Crippen molar-refractivity contribution in [2.75, 3.05) is 6.61 Å². The fourth-order valence-electron chi connectivity index (χ4n) is 3.28. The molecule has 0 N–H and O–H groups in total. The minimum atomic E-state index is -1.51. The molecule has 0 unspecified atom stereocenters. The molecule has 0 atom stereocenters. The van der Waals surface area contributed by atoms with Crippen LogP contribution in [-0.4, -0.2) is 12.6 Å². The zero-order valence-electron chi connectivity index (χ0n) is 16.1. The van der Waals surface area contributed by atoms with E-state index >= 15 is 0 Å². The Morgan fingerprint density at radius 1 is 0.897 bits per heavy atom. The maximum Gasteiger partial charge on any atom is 0.338 e. The van der Waals surface area contributed by atoms with Gasteiger partial charge in [0.05, 0.1) is 12.2 Å². The number of benzene rings is 3. The first kappa shape index (κ1) is 20.6. The highest BCUT2D eigenvalue weighted by atomic mass is 19.2. The average Bonchev–Trinajstić information content (AvgIpc) is 2.73. The highest BCUT2D eigenvalue weighted by molar-refractivity contribution is 5.93. The van der Waals surface area contributed by atoms with Gasteiger partial charge < -0.3 is 4.74 Å². The first-order valence-corrected chi connectivity index (χ1v) is 9.49. The van der Waals surface area contributed by atoms with E-state index in [9.17, 15) is 18.0 Å². The number of carbonyl (C=O) groups is 1. The Morgan fingerprint density at radius 3 is 2.24 bits per heavy atom. The highest BCUT2D eigenvalue weighted by Crippen LogP contribution is 2.28. The molecule has 0 heterocycles. The normalized spacial score (nSPS) is 10.8. The molecule has 150 valence electrons. The van der Waals surface area contributed by atoms with Gasteiger partial charge in [-0.15, -0.1) is 0 Å². The summed E-state index contributed by atoms with van der Waals surface area (Å²) in [5, 5.41) is 0. The molecule has 0 fully saturated rings. The third kappa shape index (κ3) is 4.86. The lowest BCUT2D eigenvalue weighted by molar-refractivity contribution is 0.0508. The zero-order chi connectivity index (χ0) is 20.8. The van der Waals surface area contributed by atoms with Gasteiger partial charge in [0, 0.05) is 6.42 Å². The van der Waals surface area contributed by atoms with E-state index in [2.05, 4.69) is 0 Å². The number of rotatable bonds is 7. The number of halogens is 3. The summed E-state index contributed by atoms with van der Waals surface area (Å²) >= 11 is 0. The second-order valence-corrected chi connectivity index (χ2v) is 6.71. The molecule has 0 amide bonds. The van der Waals surface area contributed by atoms with E-state index in [1.807, 2.05) is 49.4 Å². The van der Waals surface area contributed by atoms with Gasteiger partial charge in [-0.3, -0.25) is 0 Å². The van der Waals surface area contributed by atoms with Gasteiger partial charge >= 0.3 is 5.97 Å². The lowest BCUT2D eigenvalue weighted by Gasteiger charge is -2.14. The van der Waals surface area contributed by atoms with Crippen molar-refractivity contribution in [3.63, 3.8) is 0 Å². The lowest BCUT2D eigenvalue weighted by atomic mass is 9.92. The van der Waals surface area contributed by atoms with Crippen LogP contribution in [0.15, 0.2) is 60.7 Å². The van der Waals surface area contributed by atoms with Crippen LogP contribution in [0.2, 0.25) is 0 Å². The molecule has 0 aliphatic rings. The molecular formula is C24H21F3O2. The van der Waals surface area contributed by atoms with Crippen LogP contribution in [0.1, 0.15) is 34.8 Å². The third-order valence-electron chi connectivity index (χ3n) is 4.65. The predicted octanol–water partition coefficient (Wildman–Crippen LogP) is 6.12. The van der Waals surface area contributed by atoms with Gasteiger partial charge in [-0.25, -0.2) is 18.0 Å². The minimum absolute atomic E-state index is 0.0650. The Bertz CT molecular complexity index is 977. The van der Waals surface area contributed by atoms with Crippen LogP contribution in [0.4, 0.5) is 13.2 Å². The second-order valence-electron chi connectivity index (χ2n) is 6.71. The van der Waals surface area contributed by atoms with Crippen molar-refractivity contribution in [1.29, 1.82) is 0 Å². The molecule has 5 heteroatoms. The van der Waals surface area contributed by atoms with Crippen LogP contribution < -0.4 is 0 Å². The molecule has 0 bridgehead atoms. The Kier molecular flexibility index (Phi) is 6.70. The van der Waals surface area contributed by atoms with Gasteiger partial charge in [-0.1, -0.05) is 55.8 Å². The van der Waals surface area contributed by atoms with Crippen molar-refractivity contribution in [3.8, 4) is 11.1 Å². The second kappa shape index (κ2) is 9.41. The standard InChI is InChI=1S/C24H21F3O2/c1-2-7-19-18(17-8-4-3-5-9-17)10-6-11-20(19)24(28)29-13-12-16-14-21(25)23(27)22(26)15-16/h3-6,8-11,14-15H,2,7,12-13H2,1H3. The van der Waals surface area contributed by atoms with E-state index in [4.69, 9.17) is 4.74 Å². The number of ether oxygens (including phenoxy) is 1. The van der Waals surface area contributed by atoms with E-state index < -0.39 is 23.4 Å². The van der Waals surface area contributed by atoms with Crippen molar-refractivity contribution < 1.29 is 22.7 Å². The molecule has 0 saturated heterocycles. The molecule has 0 aromatic heterocycles. The summed E-state index contributed by atoms with van der Waals surface area (Å²) in [6, 6.07) is 17.1. The van der Waals surface area contributed by atoms with Gasteiger partial charge in [0.25, 0.3) is 0 Å². The van der Waals surface area contributed by atoms with E-state index in [0.29, 0.717) is 12.0 Å². The van der Waals surface area contributed by atoms with Crippen LogP contribution >= 0.6 is 0 Å². The van der Waals surface area contributed by atoms with Crippen molar-refractivity contribution in [2.45, 2.75) is 26.2 Å². The van der Waals surface area contributed by atoms with Crippen molar-refractivity contribution in [1.82, 2.24) is 0 Å². The van der Waals surface area contributed by atoms with E-state index in [1.54, 1.807) is 6.07 Å². The number of hydrogen-bond acceptors (Lipinski definition) is 2.